The van der Waals surface area contributed by atoms with Gasteiger partial charge in [-0.1, -0.05) is 91.0 Å². The number of allylic oxidation sites excluding steroid dienone is 3. The number of fused-ring (bicyclic) bond motifs is 4. The molecule has 208 valence electrons. The first kappa shape index (κ1) is 25.8. The van der Waals surface area contributed by atoms with Gasteiger partial charge in [0, 0.05) is 17.2 Å². The van der Waals surface area contributed by atoms with Crippen LogP contribution < -0.4 is 10.6 Å². The van der Waals surface area contributed by atoms with Crippen molar-refractivity contribution in [1.82, 2.24) is 0 Å². The molecule has 0 amide bonds. The zero-order valence-electron chi connectivity index (χ0n) is 24.7. The van der Waals surface area contributed by atoms with Crippen molar-refractivity contribution >= 4 is 24.2 Å². The minimum Gasteiger partial charge on any atom is -0.460 e. The van der Waals surface area contributed by atoms with E-state index in [1.165, 1.54) is 49.6 Å². The highest BCUT2D eigenvalue weighted by Crippen LogP contribution is 2.51. The Morgan fingerprint density at radius 3 is 2.12 bits per heavy atom. The summed E-state index contributed by atoms with van der Waals surface area (Å²) < 4.78 is 20.0. The van der Waals surface area contributed by atoms with Crippen molar-refractivity contribution in [3.8, 4) is 22.3 Å². The normalized spacial score (nSPS) is 22.9. The molecule has 1 saturated carbocycles. The molecule has 2 heterocycles. The van der Waals surface area contributed by atoms with Crippen LogP contribution in [0.15, 0.2) is 102 Å². The van der Waals surface area contributed by atoms with Crippen molar-refractivity contribution in [3.63, 3.8) is 0 Å². The van der Waals surface area contributed by atoms with E-state index in [-0.39, 0.29) is 18.3 Å². The molecule has 0 spiro atoms. The van der Waals surface area contributed by atoms with Crippen LogP contribution in [0.3, 0.4) is 0 Å². The lowest BCUT2D eigenvalue weighted by Crippen LogP contribution is -2.41. The van der Waals surface area contributed by atoms with E-state index < -0.39 is 0 Å². The summed E-state index contributed by atoms with van der Waals surface area (Å²) >= 11 is 0. The van der Waals surface area contributed by atoms with Gasteiger partial charge in [-0.25, -0.2) is 0 Å². The van der Waals surface area contributed by atoms with E-state index in [4.69, 9.17) is 13.7 Å². The Morgan fingerprint density at radius 2 is 1.38 bits per heavy atom. The van der Waals surface area contributed by atoms with Crippen LogP contribution >= 0.6 is 0 Å². The topological polar surface area (TPSA) is 31.6 Å². The molecule has 2 atom stereocenters. The van der Waals surface area contributed by atoms with Gasteiger partial charge in [0.25, 0.3) is 0 Å². The molecule has 42 heavy (non-hydrogen) atoms. The lowest BCUT2D eigenvalue weighted by Gasteiger charge is -2.32. The molecule has 2 unspecified atom stereocenters. The first-order valence-electron chi connectivity index (χ1n) is 15.2. The molecule has 1 saturated heterocycles. The van der Waals surface area contributed by atoms with Gasteiger partial charge in [0.15, 0.2) is 0 Å². The fraction of sp³-hybridized carbons (Fsp3) is 0.263. The van der Waals surface area contributed by atoms with Crippen molar-refractivity contribution in [1.29, 1.82) is 0 Å². The molecular weight excluding hydrogens is 515 g/mol. The summed E-state index contributed by atoms with van der Waals surface area (Å²) in [6, 6.07) is 28.3. The molecule has 0 bridgehead atoms. The summed E-state index contributed by atoms with van der Waals surface area (Å²) in [6.07, 6.45) is 10.9. The average Bonchev–Trinajstić information content (AvgIpc) is 3.67. The van der Waals surface area contributed by atoms with Crippen LogP contribution in [0.4, 0.5) is 0 Å². The summed E-state index contributed by atoms with van der Waals surface area (Å²) in [4.78, 5) is 0. The second-order valence-corrected chi connectivity index (χ2v) is 13.1. The largest absolute Gasteiger partial charge is 0.491 e. The van der Waals surface area contributed by atoms with Crippen LogP contribution in [-0.2, 0) is 15.7 Å². The molecule has 0 N–H and O–H groups in total. The molecule has 0 radical (unpaired) electrons. The number of rotatable bonds is 4. The summed E-state index contributed by atoms with van der Waals surface area (Å²) in [6.45, 7) is 8.54. The van der Waals surface area contributed by atoms with Crippen molar-refractivity contribution in [2.75, 3.05) is 0 Å². The monoisotopic (exact) mass is 550 g/mol. The Balaban J connectivity index is 1.24. The zero-order chi connectivity index (χ0) is 28.6. The fourth-order valence-electron chi connectivity index (χ4n) is 6.74. The van der Waals surface area contributed by atoms with Crippen LogP contribution in [0.25, 0.3) is 39.4 Å². The molecule has 1 aliphatic heterocycles. The van der Waals surface area contributed by atoms with Crippen molar-refractivity contribution < 1.29 is 13.7 Å². The molecule has 1 aromatic heterocycles. The van der Waals surface area contributed by atoms with Crippen molar-refractivity contribution in [2.24, 2.45) is 11.8 Å². The third-order valence-electron chi connectivity index (χ3n) is 9.88. The zero-order valence-corrected chi connectivity index (χ0v) is 24.7. The number of benzene rings is 3. The van der Waals surface area contributed by atoms with Crippen molar-refractivity contribution in [2.45, 2.75) is 51.7 Å². The molecular formula is C38H35BO3. The van der Waals surface area contributed by atoms with Gasteiger partial charge in [0.05, 0.1) is 11.2 Å². The minimum atomic E-state index is -0.387. The third-order valence-corrected chi connectivity index (χ3v) is 9.88. The molecule has 3 aliphatic carbocycles. The van der Waals surface area contributed by atoms with Gasteiger partial charge in [0.1, 0.15) is 11.2 Å². The van der Waals surface area contributed by atoms with Gasteiger partial charge in [-0.2, -0.15) is 0 Å². The van der Waals surface area contributed by atoms with Crippen LogP contribution in [0.5, 0.6) is 0 Å². The Morgan fingerprint density at radius 1 is 0.738 bits per heavy atom. The van der Waals surface area contributed by atoms with Crippen molar-refractivity contribution in [3.05, 3.63) is 125 Å². The maximum atomic E-state index is 6.66. The highest BCUT2D eigenvalue weighted by Gasteiger charge is 2.57. The van der Waals surface area contributed by atoms with Crippen LogP contribution in [0.2, 0.25) is 0 Å². The molecule has 3 nitrogen and oxygen atoms in total. The average molecular weight is 551 g/mol. The van der Waals surface area contributed by atoms with Gasteiger partial charge in [-0.15, -0.1) is 0 Å². The second-order valence-electron chi connectivity index (χ2n) is 13.1. The van der Waals surface area contributed by atoms with E-state index in [9.17, 15) is 0 Å². The fourth-order valence-corrected chi connectivity index (χ4v) is 6.74. The lowest BCUT2D eigenvalue weighted by molar-refractivity contribution is 0.00578. The quantitative estimate of drug-likeness (QED) is 0.249. The second kappa shape index (κ2) is 9.32. The SMILES string of the molecule is CC1(C)OB(C2=c3c4c(oc3=CC3CC23)CC=CC=C4c2cccc(-c3ccc(-c4ccccc4)cc3)c2)OC1(C)C. The van der Waals surface area contributed by atoms with Gasteiger partial charge < -0.3 is 13.7 Å². The highest BCUT2D eigenvalue weighted by atomic mass is 16.7. The molecule has 2 fully saturated rings. The van der Waals surface area contributed by atoms with Crippen LogP contribution in [0.1, 0.15) is 51.0 Å². The molecule has 4 aliphatic rings. The maximum Gasteiger partial charge on any atom is 0.491 e. The number of hydrogen-bond donors (Lipinski definition) is 0. The maximum absolute atomic E-state index is 6.66. The van der Waals surface area contributed by atoms with Gasteiger partial charge >= 0.3 is 7.12 Å². The Kier molecular flexibility index (Phi) is 5.73. The van der Waals surface area contributed by atoms with E-state index >= 15 is 0 Å². The van der Waals surface area contributed by atoms with Gasteiger partial charge in [-0.3, -0.25) is 0 Å². The highest BCUT2D eigenvalue weighted by molar-refractivity contribution is 6.67. The standard InChI is InChI=1S/C38H35BO3/c1-37(2)38(3,4)42-39(41-37)36-31-22-29(31)23-33-35(36)34-30(15-8-9-16-32(34)40-33)28-14-10-13-27(21-28)26-19-17-25(18-20-26)24-11-6-5-7-12-24/h5-15,17-21,23,29,31H,16,22H2,1-4H3. The smallest absolute Gasteiger partial charge is 0.460 e. The summed E-state index contributed by atoms with van der Waals surface area (Å²) in [5.74, 6) is 1.97. The molecule has 4 aromatic rings. The van der Waals surface area contributed by atoms with Crippen LogP contribution in [-0.4, -0.2) is 18.3 Å². The molecule has 8 rings (SSSR count). The van der Waals surface area contributed by atoms with Gasteiger partial charge in [0.2, 0.25) is 0 Å². The first-order valence-corrected chi connectivity index (χ1v) is 15.2. The summed E-state index contributed by atoms with van der Waals surface area (Å²) in [5.41, 5.74) is 9.89. The Hall–Kier alpha value is -3.86. The molecule has 3 aromatic carbocycles. The Bertz CT molecular complexity index is 1870. The predicted molar refractivity (Wildman–Crippen MR) is 171 cm³/mol. The van der Waals surface area contributed by atoms with E-state index in [0.717, 1.165) is 24.0 Å². The third kappa shape index (κ3) is 4.12. The Labute approximate surface area is 248 Å². The molecule has 4 heteroatoms. The number of furan rings is 1. The van der Waals surface area contributed by atoms with E-state index in [0.29, 0.717) is 11.8 Å². The van der Waals surface area contributed by atoms with Gasteiger partial charge in [-0.05, 0) is 97.0 Å². The van der Waals surface area contributed by atoms with Crippen LogP contribution in [0, 0.1) is 11.8 Å². The predicted octanol–water partition coefficient (Wildman–Crippen LogP) is 7.37. The van der Waals surface area contributed by atoms with E-state index in [2.05, 4.69) is 131 Å². The lowest BCUT2D eigenvalue weighted by atomic mass is 9.71. The first-order chi connectivity index (χ1) is 20.3. The van der Waals surface area contributed by atoms with E-state index in [1.54, 1.807) is 0 Å². The number of hydrogen-bond acceptors (Lipinski definition) is 3. The summed E-state index contributed by atoms with van der Waals surface area (Å²) in [7, 11) is -0.369. The summed E-state index contributed by atoms with van der Waals surface area (Å²) in [5, 5.41) is 1.19. The minimum absolute atomic E-state index is 0.369. The van der Waals surface area contributed by atoms with E-state index in [1.807, 2.05) is 0 Å².